The van der Waals surface area contributed by atoms with Crippen LogP contribution in [0, 0.1) is 6.92 Å². The summed E-state index contributed by atoms with van der Waals surface area (Å²) in [7, 11) is 0. The molecule has 0 fully saturated rings. The number of carbonyl (C=O) groups is 1. The van der Waals surface area contributed by atoms with Crippen molar-refractivity contribution in [3.8, 4) is 0 Å². The Balaban J connectivity index is 1.73. The van der Waals surface area contributed by atoms with Gasteiger partial charge in [0.05, 0.1) is 6.04 Å². The molecule has 1 N–H and O–H groups in total. The van der Waals surface area contributed by atoms with Gasteiger partial charge in [0.1, 0.15) is 6.54 Å². The van der Waals surface area contributed by atoms with E-state index in [0.29, 0.717) is 0 Å². The van der Waals surface area contributed by atoms with E-state index in [-0.39, 0.29) is 23.4 Å². The quantitative estimate of drug-likeness (QED) is 0.946. The molecule has 5 heteroatoms. The second-order valence-electron chi connectivity index (χ2n) is 5.44. The smallest absolute Gasteiger partial charge is 0.307 e. The van der Waals surface area contributed by atoms with Crippen molar-refractivity contribution in [2.75, 3.05) is 0 Å². The highest BCUT2D eigenvalue weighted by Gasteiger charge is 2.21. The molecule has 0 saturated carbocycles. The van der Waals surface area contributed by atoms with Gasteiger partial charge in [0.25, 0.3) is 0 Å². The van der Waals surface area contributed by atoms with Gasteiger partial charge in [-0.3, -0.25) is 14.2 Å². The lowest BCUT2D eigenvalue weighted by Crippen LogP contribution is -2.35. The number of nitrogens with one attached hydrogen (secondary N) is 1. The zero-order valence-corrected chi connectivity index (χ0v) is 12.8. The van der Waals surface area contributed by atoms with E-state index in [9.17, 15) is 9.59 Å². The van der Waals surface area contributed by atoms with Crippen LogP contribution in [0.1, 0.15) is 35.7 Å². The van der Waals surface area contributed by atoms with Crippen molar-refractivity contribution in [2.24, 2.45) is 0 Å². The minimum Gasteiger partial charge on any atom is -0.348 e. The predicted octanol–water partition coefficient (Wildman–Crippen LogP) is 2.41. The summed E-state index contributed by atoms with van der Waals surface area (Å²) >= 11 is 1.14. The highest BCUT2D eigenvalue weighted by atomic mass is 32.1. The molecule has 1 heterocycles. The van der Waals surface area contributed by atoms with Crippen molar-refractivity contribution in [3.63, 3.8) is 0 Å². The van der Waals surface area contributed by atoms with Gasteiger partial charge in [0.2, 0.25) is 5.91 Å². The number of hydrogen-bond donors (Lipinski definition) is 1. The van der Waals surface area contributed by atoms with E-state index in [2.05, 4.69) is 17.4 Å². The summed E-state index contributed by atoms with van der Waals surface area (Å²) in [4.78, 5) is 23.8. The van der Waals surface area contributed by atoms with E-state index >= 15 is 0 Å². The number of carbonyl (C=O) groups excluding carboxylic acids is 1. The fourth-order valence-electron chi connectivity index (χ4n) is 2.88. The Kier molecular flexibility index (Phi) is 3.92. The molecule has 21 heavy (non-hydrogen) atoms. The minimum atomic E-state index is -0.0969. The number of amides is 1. The molecule has 1 amide bonds. The summed E-state index contributed by atoms with van der Waals surface area (Å²) in [5.41, 5.74) is 3.37. The number of hydrogen-bond acceptors (Lipinski definition) is 3. The van der Waals surface area contributed by atoms with Crippen LogP contribution in [0.3, 0.4) is 0 Å². The molecule has 1 aromatic heterocycles. The Labute approximate surface area is 127 Å². The first-order chi connectivity index (χ1) is 10.1. The van der Waals surface area contributed by atoms with Crippen molar-refractivity contribution in [1.29, 1.82) is 0 Å². The number of nitrogens with zero attached hydrogens (tertiary/aromatic N) is 1. The average Bonchev–Trinajstić information content (AvgIpc) is 2.79. The first-order valence-electron chi connectivity index (χ1n) is 7.17. The second-order valence-corrected chi connectivity index (χ2v) is 6.26. The molecule has 1 atom stereocenters. The maximum atomic E-state index is 12.2. The van der Waals surface area contributed by atoms with Crippen molar-refractivity contribution in [1.82, 2.24) is 9.88 Å². The lowest BCUT2D eigenvalue weighted by molar-refractivity contribution is -0.122. The van der Waals surface area contributed by atoms with Gasteiger partial charge in [0, 0.05) is 11.1 Å². The number of thiazole rings is 1. The number of aromatic nitrogens is 1. The van der Waals surface area contributed by atoms with E-state index in [4.69, 9.17) is 0 Å². The van der Waals surface area contributed by atoms with Crippen molar-refractivity contribution < 1.29 is 4.79 Å². The van der Waals surface area contributed by atoms with Gasteiger partial charge in [-0.25, -0.2) is 0 Å². The summed E-state index contributed by atoms with van der Waals surface area (Å²) in [6, 6.07) is 8.33. The minimum absolute atomic E-state index is 0.0668. The van der Waals surface area contributed by atoms with E-state index in [1.165, 1.54) is 15.7 Å². The molecule has 0 unspecified atom stereocenters. The Hall–Kier alpha value is -1.88. The molecule has 1 aliphatic rings. The number of rotatable bonds is 3. The van der Waals surface area contributed by atoms with E-state index in [1.807, 2.05) is 19.1 Å². The van der Waals surface area contributed by atoms with Crippen LogP contribution in [0.15, 0.2) is 34.4 Å². The topological polar surface area (TPSA) is 51.1 Å². The largest absolute Gasteiger partial charge is 0.348 e. The lowest BCUT2D eigenvalue weighted by atomic mass is 9.88. The Morgan fingerprint density at radius 2 is 2.24 bits per heavy atom. The normalized spacial score (nSPS) is 17.3. The Bertz CT molecular complexity index is 717. The van der Waals surface area contributed by atoms with Crippen LogP contribution >= 0.6 is 11.3 Å². The maximum absolute atomic E-state index is 12.2. The first kappa shape index (κ1) is 14.1. The fourth-order valence-corrected chi connectivity index (χ4v) is 3.62. The molecule has 0 radical (unpaired) electrons. The zero-order valence-electron chi connectivity index (χ0n) is 12.0. The van der Waals surface area contributed by atoms with Gasteiger partial charge in [-0.15, -0.1) is 0 Å². The van der Waals surface area contributed by atoms with Crippen LogP contribution in [0.5, 0.6) is 0 Å². The molecule has 110 valence electrons. The molecule has 2 aromatic rings. The molecule has 0 saturated heterocycles. The van der Waals surface area contributed by atoms with Crippen LogP contribution in [0.25, 0.3) is 0 Å². The Morgan fingerprint density at radius 1 is 1.43 bits per heavy atom. The number of aryl methyl sites for hydroxylation is 2. The van der Waals surface area contributed by atoms with Gasteiger partial charge in [-0.1, -0.05) is 35.6 Å². The summed E-state index contributed by atoms with van der Waals surface area (Å²) in [5.74, 6) is -0.0969. The SMILES string of the molecule is Cc1csc(=O)n1CC(=O)N[C@@H]1CCCc2ccccc21. The van der Waals surface area contributed by atoms with Gasteiger partial charge >= 0.3 is 4.87 Å². The fraction of sp³-hybridized carbons (Fsp3) is 0.375. The molecule has 4 nitrogen and oxygen atoms in total. The predicted molar refractivity (Wildman–Crippen MR) is 83.6 cm³/mol. The van der Waals surface area contributed by atoms with Crippen LogP contribution in [-0.2, 0) is 17.8 Å². The van der Waals surface area contributed by atoms with Crippen LogP contribution in [0.2, 0.25) is 0 Å². The summed E-state index contributed by atoms with van der Waals surface area (Å²) in [6.07, 6.45) is 3.12. The van der Waals surface area contributed by atoms with Gasteiger partial charge < -0.3 is 5.32 Å². The molecular formula is C16H18N2O2S. The number of benzene rings is 1. The molecule has 3 rings (SSSR count). The molecule has 1 aromatic carbocycles. The van der Waals surface area contributed by atoms with Crippen LogP contribution in [0.4, 0.5) is 0 Å². The monoisotopic (exact) mass is 302 g/mol. The van der Waals surface area contributed by atoms with Crippen molar-refractivity contribution in [3.05, 3.63) is 56.1 Å². The van der Waals surface area contributed by atoms with Crippen molar-refractivity contribution >= 4 is 17.2 Å². The molecule has 0 aliphatic heterocycles. The van der Waals surface area contributed by atoms with Gasteiger partial charge in [-0.2, -0.15) is 0 Å². The van der Waals surface area contributed by atoms with Crippen molar-refractivity contribution in [2.45, 2.75) is 38.8 Å². The summed E-state index contributed by atoms with van der Waals surface area (Å²) < 4.78 is 1.52. The maximum Gasteiger partial charge on any atom is 0.307 e. The highest BCUT2D eigenvalue weighted by molar-refractivity contribution is 7.07. The third-order valence-corrected chi connectivity index (χ3v) is 4.86. The summed E-state index contributed by atoms with van der Waals surface area (Å²) in [6.45, 7) is 1.95. The van der Waals surface area contributed by atoms with E-state index < -0.39 is 0 Å². The standard InChI is InChI=1S/C16H18N2O2S/c1-11-10-21-16(20)18(11)9-15(19)17-14-8-4-6-12-5-2-3-7-13(12)14/h2-3,5,7,10,14H,4,6,8-9H2,1H3,(H,17,19)/t14-/m1/s1. The van der Waals surface area contributed by atoms with Crippen LogP contribution in [-0.4, -0.2) is 10.5 Å². The van der Waals surface area contributed by atoms with E-state index in [0.717, 1.165) is 36.3 Å². The van der Waals surface area contributed by atoms with E-state index in [1.54, 1.807) is 5.38 Å². The second kappa shape index (κ2) is 5.85. The molecule has 0 spiro atoms. The average molecular weight is 302 g/mol. The highest BCUT2D eigenvalue weighted by Crippen LogP contribution is 2.29. The number of fused-ring (bicyclic) bond motifs is 1. The third kappa shape index (κ3) is 2.93. The molecule has 1 aliphatic carbocycles. The first-order valence-corrected chi connectivity index (χ1v) is 8.05. The summed E-state index contributed by atoms with van der Waals surface area (Å²) in [5, 5.41) is 4.86. The van der Waals surface area contributed by atoms with Crippen LogP contribution < -0.4 is 10.2 Å². The molecule has 0 bridgehead atoms. The zero-order chi connectivity index (χ0) is 14.8. The van der Waals surface area contributed by atoms with Gasteiger partial charge in [-0.05, 0) is 37.3 Å². The Morgan fingerprint density at radius 3 is 3.00 bits per heavy atom. The van der Waals surface area contributed by atoms with Gasteiger partial charge in [0.15, 0.2) is 0 Å². The third-order valence-electron chi connectivity index (χ3n) is 3.98. The molecular weight excluding hydrogens is 284 g/mol. The lowest BCUT2D eigenvalue weighted by Gasteiger charge is -2.26.